The molecule has 5 heteroatoms. The second-order valence-corrected chi connectivity index (χ2v) is 3.83. The summed E-state index contributed by atoms with van der Waals surface area (Å²) in [6, 6.07) is 7.84. The van der Waals surface area contributed by atoms with E-state index < -0.39 is 6.16 Å². The van der Waals surface area contributed by atoms with Crippen molar-refractivity contribution in [2.75, 3.05) is 0 Å². The number of rotatable bonds is 1. The van der Waals surface area contributed by atoms with Gasteiger partial charge in [0, 0.05) is 35.1 Å². The molecule has 0 aliphatic carbocycles. The zero-order valence-electron chi connectivity index (χ0n) is 9.35. The van der Waals surface area contributed by atoms with E-state index in [1.807, 2.05) is 42.9 Å². The number of hydrogen-bond donors (Lipinski definition) is 1. The molecule has 5 nitrogen and oxygen atoms in total. The second kappa shape index (κ2) is 3.96. The normalized spacial score (nSPS) is 15.9. The zero-order chi connectivity index (χ0) is 12.5. The fraction of sp³-hybridized carbons (Fsp3) is 0. The molecule has 2 heterocycles. The number of hydrazine groups is 1. The molecular weight excluding hydrogens is 232 g/mol. The number of hydrogen-bond acceptors (Lipinski definition) is 4. The summed E-state index contributed by atoms with van der Waals surface area (Å²) in [4.78, 5) is 10.6. The Bertz CT molecular complexity index is 676. The highest BCUT2D eigenvalue weighted by Crippen LogP contribution is 2.18. The SMILES string of the molecule is O=C(O)OC1=CC=CN2C=c3ccccc3=CN12. The van der Waals surface area contributed by atoms with Gasteiger partial charge in [0.1, 0.15) is 0 Å². The summed E-state index contributed by atoms with van der Waals surface area (Å²) in [5, 5.41) is 14.2. The Kier molecular flexibility index (Phi) is 2.30. The van der Waals surface area contributed by atoms with Gasteiger partial charge >= 0.3 is 6.16 Å². The number of ether oxygens (including phenoxy) is 1. The molecule has 0 spiro atoms. The number of carboxylic acid groups (broad SMARTS) is 1. The summed E-state index contributed by atoms with van der Waals surface area (Å²) in [6.07, 6.45) is 7.55. The number of fused-ring (bicyclic) bond motifs is 2. The van der Waals surface area contributed by atoms with Crippen LogP contribution in [0.15, 0.2) is 48.5 Å². The molecule has 1 N–H and O–H groups in total. The summed E-state index contributed by atoms with van der Waals surface area (Å²) in [5.41, 5.74) is 0. The number of allylic oxidation sites excluding steroid dienone is 2. The molecule has 0 saturated heterocycles. The van der Waals surface area contributed by atoms with Crippen molar-refractivity contribution in [2.45, 2.75) is 0 Å². The van der Waals surface area contributed by atoms with Gasteiger partial charge in [-0.3, -0.25) is 5.01 Å². The first-order chi connectivity index (χ1) is 8.74. The smallest absolute Gasteiger partial charge is 0.449 e. The van der Waals surface area contributed by atoms with Gasteiger partial charge < -0.3 is 9.84 Å². The summed E-state index contributed by atoms with van der Waals surface area (Å²) in [7, 11) is 0. The van der Waals surface area contributed by atoms with Gasteiger partial charge in [-0.05, 0) is 6.08 Å². The van der Waals surface area contributed by atoms with Crippen LogP contribution >= 0.6 is 0 Å². The van der Waals surface area contributed by atoms with Gasteiger partial charge in [-0.15, -0.1) is 0 Å². The number of nitrogens with zero attached hydrogens (tertiary/aromatic N) is 2. The van der Waals surface area contributed by atoms with Gasteiger partial charge in [0.05, 0.1) is 0 Å². The maximum atomic E-state index is 10.6. The van der Waals surface area contributed by atoms with E-state index in [9.17, 15) is 4.79 Å². The topological polar surface area (TPSA) is 53.0 Å². The molecule has 3 rings (SSSR count). The third-order valence-corrected chi connectivity index (χ3v) is 2.67. The third-order valence-electron chi connectivity index (χ3n) is 2.67. The minimum atomic E-state index is -1.33. The van der Waals surface area contributed by atoms with Crippen LogP contribution < -0.4 is 10.4 Å². The lowest BCUT2D eigenvalue weighted by Gasteiger charge is -2.34. The second-order valence-electron chi connectivity index (χ2n) is 3.83. The van der Waals surface area contributed by atoms with Crippen LogP contribution in [0.1, 0.15) is 0 Å². The number of benzene rings is 1. The lowest BCUT2D eigenvalue weighted by molar-refractivity contribution is 0.0652. The molecule has 0 fully saturated rings. The standard InChI is InChI=1S/C13H10N2O3/c16-13(17)18-12-6-3-7-14-8-10-4-1-2-5-11(10)9-15(12)14/h1-9H,(H,16,17). The summed E-state index contributed by atoms with van der Waals surface area (Å²) >= 11 is 0. The Balaban J connectivity index is 2.07. The van der Waals surface area contributed by atoms with Crippen LogP contribution in [-0.4, -0.2) is 21.3 Å². The quantitative estimate of drug-likeness (QED) is 0.737. The van der Waals surface area contributed by atoms with Crippen LogP contribution in [0, 0.1) is 0 Å². The summed E-state index contributed by atoms with van der Waals surface area (Å²) in [5.74, 6) is 0.246. The highest BCUT2D eigenvalue weighted by molar-refractivity contribution is 5.59. The van der Waals surface area contributed by atoms with E-state index in [2.05, 4.69) is 0 Å². The van der Waals surface area contributed by atoms with Crippen LogP contribution in [0.25, 0.3) is 12.4 Å². The average molecular weight is 242 g/mol. The molecule has 1 aromatic rings. The molecule has 0 saturated carbocycles. The molecule has 0 amide bonds. The van der Waals surface area contributed by atoms with E-state index >= 15 is 0 Å². The maximum absolute atomic E-state index is 10.6. The van der Waals surface area contributed by atoms with Crippen LogP contribution in [0.2, 0.25) is 0 Å². The average Bonchev–Trinajstić information content (AvgIpc) is 2.36. The van der Waals surface area contributed by atoms with E-state index in [0.29, 0.717) is 0 Å². The fourth-order valence-corrected chi connectivity index (χ4v) is 1.90. The lowest BCUT2D eigenvalue weighted by Crippen LogP contribution is -2.43. The lowest BCUT2D eigenvalue weighted by atomic mass is 10.2. The van der Waals surface area contributed by atoms with Crippen molar-refractivity contribution in [1.29, 1.82) is 0 Å². The molecule has 90 valence electrons. The molecule has 2 aliphatic rings. The molecule has 18 heavy (non-hydrogen) atoms. The van der Waals surface area contributed by atoms with Gasteiger partial charge in [0.15, 0.2) is 0 Å². The predicted octanol–water partition coefficient (Wildman–Crippen LogP) is 0.758. The van der Waals surface area contributed by atoms with E-state index in [0.717, 1.165) is 10.4 Å². The van der Waals surface area contributed by atoms with Gasteiger partial charge in [0.25, 0.3) is 0 Å². The van der Waals surface area contributed by atoms with Gasteiger partial charge in [-0.2, -0.15) is 0 Å². The highest BCUT2D eigenvalue weighted by atomic mass is 16.7. The molecule has 0 atom stereocenters. The Morgan fingerprint density at radius 1 is 1.17 bits per heavy atom. The Morgan fingerprint density at radius 3 is 2.61 bits per heavy atom. The van der Waals surface area contributed by atoms with E-state index in [-0.39, 0.29) is 5.88 Å². The first-order valence-corrected chi connectivity index (χ1v) is 5.39. The van der Waals surface area contributed by atoms with Crippen molar-refractivity contribution in [1.82, 2.24) is 10.0 Å². The Labute approximate surface area is 103 Å². The van der Waals surface area contributed by atoms with Gasteiger partial charge in [-0.25, -0.2) is 9.80 Å². The van der Waals surface area contributed by atoms with Crippen molar-refractivity contribution in [3.05, 3.63) is 58.9 Å². The zero-order valence-corrected chi connectivity index (χ0v) is 9.35. The first kappa shape index (κ1) is 10.5. The third kappa shape index (κ3) is 1.71. The highest BCUT2D eigenvalue weighted by Gasteiger charge is 2.20. The van der Waals surface area contributed by atoms with Gasteiger partial charge in [-0.1, -0.05) is 24.3 Å². The van der Waals surface area contributed by atoms with Crippen molar-refractivity contribution >= 4 is 18.6 Å². The number of carbonyl (C=O) groups is 1. The van der Waals surface area contributed by atoms with E-state index in [1.54, 1.807) is 22.2 Å². The summed E-state index contributed by atoms with van der Waals surface area (Å²) in [6.45, 7) is 0. The molecule has 0 unspecified atom stereocenters. The predicted molar refractivity (Wildman–Crippen MR) is 64.6 cm³/mol. The molecule has 0 bridgehead atoms. The molecule has 1 aromatic carbocycles. The Morgan fingerprint density at radius 2 is 1.89 bits per heavy atom. The van der Waals surface area contributed by atoms with Crippen LogP contribution in [-0.2, 0) is 4.74 Å². The van der Waals surface area contributed by atoms with E-state index in [4.69, 9.17) is 9.84 Å². The Hall–Kier alpha value is -2.69. The van der Waals surface area contributed by atoms with Crippen LogP contribution in [0.4, 0.5) is 4.79 Å². The fourth-order valence-electron chi connectivity index (χ4n) is 1.90. The molecule has 2 aliphatic heterocycles. The molecule has 0 aromatic heterocycles. The summed E-state index contributed by atoms with van der Waals surface area (Å²) < 4.78 is 4.74. The minimum Gasteiger partial charge on any atom is -0.449 e. The van der Waals surface area contributed by atoms with Crippen molar-refractivity contribution in [3.8, 4) is 0 Å². The maximum Gasteiger partial charge on any atom is 0.512 e. The van der Waals surface area contributed by atoms with Crippen molar-refractivity contribution in [2.24, 2.45) is 0 Å². The van der Waals surface area contributed by atoms with Crippen LogP contribution in [0.3, 0.4) is 0 Å². The van der Waals surface area contributed by atoms with E-state index in [1.165, 1.54) is 0 Å². The largest absolute Gasteiger partial charge is 0.512 e. The first-order valence-electron chi connectivity index (χ1n) is 5.39. The van der Waals surface area contributed by atoms with Gasteiger partial charge in [0.2, 0.25) is 5.88 Å². The minimum absolute atomic E-state index is 0.246. The van der Waals surface area contributed by atoms with Crippen molar-refractivity contribution < 1.29 is 14.6 Å². The molecule has 0 radical (unpaired) electrons. The van der Waals surface area contributed by atoms with Crippen molar-refractivity contribution in [3.63, 3.8) is 0 Å². The molecular formula is C13H10N2O3. The monoisotopic (exact) mass is 242 g/mol. The van der Waals surface area contributed by atoms with Crippen LogP contribution in [0.5, 0.6) is 0 Å².